The maximum absolute atomic E-state index is 13.0. The van der Waals surface area contributed by atoms with Crippen LogP contribution < -0.4 is 5.56 Å². The Bertz CT molecular complexity index is 767. The molecular weight excluding hydrogens is 368 g/mol. The lowest BCUT2D eigenvalue weighted by molar-refractivity contribution is 0.0823. The molecule has 1 fully saturated rings. The van der Waals surface area contributed by atoms with Gasteiger partial charge in [-0.1, -0.05) is 11.6 Å². The van der Waals surface area contributed by atoms with E-state index in [0.29, 0.717) is 15.9 Å². The Morgan fingerprint density at radius 2 is 2.05 bits per heavy atom. The van der Waals surface area contributed by atoms with E-state index >= 15 is 0 Å². The summed E-state index contributed by atoms with van der Waals surface area (Å²) in [5.41, 5.74) is 0.664. The first-order chi connectivity index (χ1) is 10.5. The molecule has 0 radical (unpaired) electrons. The van der Waals surface area contributed by atoms with Crippen molar-refractivity contribution in [1.29, 1.82) is 0 Å². The Kier molecular flexibility index (Phi) is 4.57. The number of ether oxygens (including phenoxy) is 1. The lowest BCUT2D eigenvalue weighted by Crippen LogP contribution is -2.30. The van der Waals surface area contributed by atoms with Crippen molar-refractivity contribution in [2.24, 2.45) is 0 Å². The van der Waals surface area contributed by atoms with Crippen molar-refractivity contribution in [1.82, 2.24) is 9.55 Å². The highest BCUT2D eigenvalue weighted by molar-refractivity contribution is 9.10. The number of halogens is 2. The van der Waals surface area contributed by atoms with Gasteiger partial charge in [0.05, 0.1) is 10.9 Å². The highest BCUT2D eigenvalue weighted by atomic mass is 79.9. The minimum Gasteiger partial charge on any atom is -0.381 e. The summed E-state index contributed by atoms with van der Waals surface area (Å²) < 4.78 is 8.00. The van der Waals surface area contributed by atoms with Crippen LogP contribution in [0.15, 0.2) is 21.4 Å². The lowest BCUT2D eigenvalue weighted by atomic mass is 9.98. The lowest BCUT2D eigenvalue weighted by Gasteiger charge is -2.26. The maximum atomic E-state index is 13.0. The predicted molar refractivity (Wildman–Crippen MR) is 91.9 cm³/mol. The second-order valence-electron chi connectivity index (χ2n) is 5.91. The fourth-order valence-electron chi connectivity index (χ4n) is 2.99. The maximum Gasteiger partial charge on any atom is 0.261 e. The zero-order valence-corrected chi connectivity index (χ0v) is 14.9. The standard InChI is InChI=1S/C16H18BrClN2O2/c1-9(2)20-15(10-3-5-22-6-4-10)19-14-12(16(20)21)7-11(18)8-13(14)17/h7-10H,3-6H2,1-2H3. The van der Waals surface area contributed by atoms with Gasteiger partial charge in [0.2, 0.25) is 0 Å². The number of rotatable bonds is 2. The smallest absolute Gasteiger partial charge is 0.261 e. The third-order valence-corrected chi connectivity index (χ3v) is 4.88. The molecule has 0 saturated carbocycles. The molecule has 6 heteroatoms. The molecule has 1 aliphatic rings. The van der Waals surface area contributed by atoms with Gasteiger partial charge in [-0.25, -0.2) is 4.98 Å². The summed E-state index contributed by atoms with van der Waals surface area (Å²) in [6, 6.07) is 3.54. The summed E-state index contributed by atoms with van der Waals surface area (Å²) in [5, 5.41) is 1.09. The number of fused-ring (bicyclic) bond motifs is 1. The van der Waals surface area contributed by atoms with Crippen LogP contribution in [-0.4, -0.2) is 22.8 Å². The van der Waals surface area contributed by atoms with E-state index in [9.17, 15) is 4.79 Å². The Hall–Kier alpha value is -0.910. The average molecular weight is 386 g/mol. The molecule has 0 aliphatic carbocycles. The van der Waals surface area contributed by atoms with Crippen molar-refractivity contribution in [3.8, 4) is 0 Å². The van der Waals surface area contributed by atoms with Gasteiger partial charge in [-0.15, -0.1) is 0 Å². The largest absolute Gasteiger partial charge is 0.381 e. The van der Waals surface area contributed by atoms with Crippen molar-refractivity contribution in [2.45, 2.75) is 38.6 Å². The fraction of sp³-hybridized carbons (Fsp3) is 0.500. The van der Waals surface area contributed by atoms with Crippen LogP contribution in [0, 0.1) is 0 Å². The van der Waals surface area contributed by atoms with Gasteiger partial charge < -0.3 is 4.74 Å². The van der Waals surface area contributed by atoms with Crippen molar-refractivity contribution in [2.75, 3.05) is 13.2 Å². The summed E-state index contributed by atoms with van der Waals surface area (Å²) in [5.74, 6) is 1.12. The Labute approximate surface area is 142 Å². The van der Waals surface area contributed by atoms with Crippen LogP contribution in [0.1, 0.15) is 44.5 Å². The highest BCUT2D eigenvalue weighted by Gasteiger charge is 2.24. The summed E-state index contributed by atoms with van der Waals surface area (Å²) in [7, 11) is 0. The van der Waals surface area contributed by atoms with E-state index in [4.69, 9.17) is 21.3 Å². The second kappa shape index (κ2) is 6.30. The Balaban J connectivity index is 2.30. The van der Waals surface area contributed by atoms with E-state index < -0.39 is 0 Å². The molecule has 3 rings (SSSR count). The van der Waals surface area contributed by atoms with E-state index in [1.54, 1.807) is 16.7 Å². The minimum absolute atomic E-state index is 0.0234. The Morgan fingerprint density at radius 3 is 2.68 bits per heavy atom. The molecule has 1 aromatic heterocycles. The van der Waals surface area contributed by atoms with E-state index in [2.05, 4.69) is 15.9 Å². The number of benzene rings is 1. The van der Waals surface area contributed by atoms with E-state index in [-0.39, 0.29) is 17.5 Å². The summed E-state index contributed by atoms with van der Waals surface area (Å²) in [4.78, 5) is 17.8. The van der Waals surface area contributed by atoms with Gasteiger partial charge in [0, 0.05) is 34.7 Å². The normalized spacial score (nSPS) is 16.6. The molecular formula is C16H18BrClN2O2. The van der Waals surface area contributed by atoms with Crippen molar-refractivity contribution < 1.29 is 4.74 Å². The van der Waals surface area contributed by atoms with Crippen molar-refractivity contribution in [3.63, 3.8) is 0 Å². The quantitative estimate of drug-likeness (QED) is 0.774. The van der Waals surface area contributed by atoms with Crippen LogP contribution in [0.4, 0.5) is 0 Å². The molecule has 0 bridgehead atoms. The molecule has 2 heterocycles. The van der Waals surface area contributed by atoms with E-state index in [1.165, 1.54) is 0 Å². The molecule has 1 aromatic carbocycles. The molecule has 1 saturated heterocycles. The van der Waals surface area contributed by atoms with Gasteiger partial charge in [0.25, 0.3) is 5.56 Å². The fourth-order valence-corrected chi connectivity index (χ4v) is 3.89. The van der Waals surface area contributed by atoms with Crippen molar-refractivity contribution >= 4 is 38.4 Å². The monoisotopic (exact) mass is 384 g/mol. The summed E-state index contributed by atoms with van der Waals surface area (Å²) >= 11 is 9.58. The summed E-state index contributed by atoms with van der Waals surface area (Å²) in [6.07, 6.45) is 1.80. The number of nitrogens with zero attached hydrogens (tertiary/aromatic N) is 2. The van der Waals surface area contributed by atoms with E-state index in [0.717, 1.165) is 36.4 Å². The van der Waals surface area contributed by atoms with Crippen LogP contribution >= 0.6 is 27.5 Å². The Morgan fingerprint density at radius 1 is 1.36 bits per heavy atom. The number of hydrogen-bond donors (Lipinski definition) is 0. The van der Waals surface area contributed by atoms with Crippen LogP contribution in [0.25, 0.3) is 10.9 Å². The van der Waals surface area contributed by atoms with Crippen LogP contribution in [0.5, 0.6) is 0 Å². The second-order valence-corrected chi connectivity index (χ2v) is 7.20. The van der Waals surface area contributed by atoms with Crippen LogP contribution in [-0.2, 0) is 4.74 Å². The molecule has 0 N–H and O–H groups in total. The first-order valence-electron chi connectivity index (χ1n) is 7.48. The molecule has 0 amide bonds. The zero-order valence-electron chi connectivity index (χ0n) is 12.6. The highest BCUT2D eigenvalue weighted by Crippen LogP contribution is 2.30. The summed E-state index contributed by atoms with van der Waals surface area (Å²) in [6.45, 7) is 5.46. The molecule has 0 spiro atoms. The number of hydrogen-bond acceptors (Lipinski definition) is 3. The van der Waals surface area contributed by atoms with Gasteiger partial charge in [-0.3, -0.25) is 9.36 Å². The average Bonchev–Trinajstić information content (AvgIpc) is 2.48. The molecule has 118 valence electrons. The number of aromatic nitrogens is 2. The third-order valence-electron chi connectivity index (χ3n) is 4.05. The van der Waals surface area contributed by atoms with Gasteiger partial charge in [0.15, 0.2) is 0 Å². The first kappa shape index (κ1) is 16.0. The third kappa shape index (κ3) is 2.82. The van der Waals surface area contributed by atoms with Crippen LogP contribution in [0.3, 0.4) is 0 Å². The van der Waals surface area contributed by atoms with E-state index in [1.807, 2.05) is 13.8 Å². The zero-order chi connectivity index (χ0) is 15.9. The van der Waals surface area contributed by atoms with Gasteiger partial charge in [-0.2, -0.15) is 0 Å². The van der Waals surface area contributed by atoms with Crippen molar-refractivity contribution in [3.05, 3.63) is 37.8 Å². The minimum atomic E-state index is -0.0234. The van der Waals surface area contributed by atoms with Gasteiger partial charge in [-0.05, 0) is 54.8 Å². The van der Waals surface area contributed by atoms with Gasteiger partial charge in [0.1, 0.15) is 5.82 Å². The molecule has 2 aromatic rings. The molecule has 1 aliphatic heterocycles. The molecule has 22 heavy (non-hydrogen) atoms. The molecule has 0 unspecified atom stereocenters. The predicted octanol–water partition coefficient (Wildman–Crippen LogP) is 4.29. The molecule has 4 nitrogen and oxygen atoms in total. The topological polar surface area (TPSA) is 44.1 Å². The SMILES string of the molecule is CC(C)n1c(C2CCOCC2)nc2c(Br)cc(Cl)cc2c1=O. The van der Waals surface area contributed by atoms with Gasteiger partial charge >= 0.3 is 0 Å². The molecule has 0 atom stereocenters. The van der Waals surface area contributed by atoms with Crippen LogP contribution in [0.2, 0.25) is 5.02 Å². The first-order valence-corrected chi connectivity index (χ1v) is 8.65.